The number of thiophene rings is 1. The SMILES string of the molecule is O=C(COc1cc(Cl)c(Cl)cc1Cl)NN=Cc1ccsc1. The van der Waals surface area contributed by atoms with Gasteiger partial charge in [-0.1, -0.05) is 34.8 Å². The van der Waals surface area contributed by atoms with Crippen molar-refractivity contribution >= 4 is 58.3 Å². The molecule has 8 heteroatoms. The van der Waals surface area contributed by atoms with E-state index in [1.54, 1.807) is 17.6 Å². The molecule has 0 unspecified atom stereocenters. The molecular weight excluding hydrogens is 355 g/mol. The Bertz CT molecular complexity index is 660. The second-order valence-corrected chi connectivity index (χ2v) is 5.84. The number of carbonyl (C=O) groups excluding carboxylic acids is 1. The van der Waals surface area contributed by atoms with Crippen LogP contribution >= 0.6 is 46.1 Å². The molecule has 2 rings (SSSR count). The van der Waals surface area contributed by atoms with Crippen LogP contribution in [0.1, 0.15) is 5.56 Å². The zero-order valence-electron chi connectivity index (χ0n) is 10.5. The molecule has 110 valence electrons. The number of hydrazone groups is 1. The molecule has 1 aromatic carbocycles. The van der Waals surface area contributed by atoms with Gasteiger partial charge in [0.2, 0.25) is 0 Å². The van der Waals surface area contributed by atoms with Crippen molar-refractivity contribution in [3.05, 3.63) is 49.6 Å². The average molecular weight is 364 g/mol. The first-order chi connectivity index (χ1) is 10.1. The van der Waals surface area contributed by atoms with E-state index >= 15 is 0 Å². The fraction of sp³-hybridized carbons (Fsp3) is 0.0769. The third-order valence-corrected chi connectivity index (χ3v) is 4.00. The largest absolute Gasteiger partial charge is 0.482 e. The number of nitrogens with one attached hydrogen (secondary N) is 1. The second kappa shape index (κ2) is 7.66. The van der Waals surface area contributed by atoms with E-state index in [4.69, 9.17) is 39.5 Å². The van der Waals surface area contributed by atoms with Gasteiger partial charge in [0.05, 0.1) is 21.3 Å². The second-order valence-electron chi connectivity index (χ2n) is 3.84. The molecule has 1 aromatic heterocycles. The normalized spacial score (nSPS) is 10.8. The van der Waals surface area contributed by atoms with Crippen molar-refractivity contribution in [2.45, 2.75) is 0 Å². The number of benzene rings is 1. The number of halogens is 3. The lowest BCUT2D eigenvalue weighted by molar-refractivity contribution is -0.123. The van der Waals surface area contributed by atoms with Gasteiger partial charge in [0.25, 0.3) is 5.91 Å². The monoisotopic (exact) mass is 362 g/mol. The Balaban J connectivity index is 1.85. The number of nitrogens with zero attached hydrogens (tertiary/aromatic N) is 1. The van der Waals surface area contributed by atoms with Crippen LogP contribution in [-0.4, -0.2) is 18.7 Å². The van der Waals surface area contributed by atoms with Crippen LogP contribution in [-0.2, 0) is 4.79 Å². The first-order valence-electron chi connectivity index (χ1n) is 5.67. The first kappa shape index (κ1) is 16.1. The fourth-order valence-electron chi connectivity index (χ4n) is 1.32. The van der Waals surface area contributed by atoms with E-state index in [1.807, 2.05) is 16.8 Å². The summed E-state index contributed by atoms with van der Waals surface area (Å²) in [6.07, 6.45) is 1.54. The van der Waals surface area contributed by atoms with Gasteiger partial charge >= 0.3 is 0 Å². The Morgan fingerprint density at radius 3 is 2.76 bits per heavy atom. The van der Waals surface area contributed by atoms with Crippen LogP contribution in [0.2, 0.25) is 15.1 Å². The highest BCUT2D eigenvalue weighted by molar-refractivity contribution is 7.08. The lowest BCUT2D eigenvalue weighted by Gasteiger charge is -2.08. The molecule has 0 bridgehead atoms. The zero-order valence-corrected chi connectivity index (χ0v) is 13.6. The molecule has 2 aromatic rings. The van der Waals surface area contributed by atoms with Crippen LogP contribution in [0.15, 0.2) is 34.1 Å². The molecule has 21 heavy (non-hydrogen) atoms. The molecule has 0 saturated heterocycles. The summed E-state index contributed by atoms with van der Waals surface area (Å²) in [5.74, 6) is -0.133. The first-order valence-corrected chi connectivity index (χ1v) is 7.75. The molecule has 0 radical (unpaired) electrons. The average Bonchev–Trinajstić information content (AvgIpc) is 2.94. The van der Waals surface area contributed by atoms with Crippen LogP contribution in [0.3, 0.4) is 0 Å². The van der Waals surface area contributed by atoms with Crippen molar-refractivity contribution in [2.24, 2.45) is 5.10 Å². The molecule has 1 N–H and O–H groups in total. The molecule has 0 fully saturated rings. The molecule has 0 atom stereocenters. The minimum Gasteiger partial charge on any atom is -0.482 e. The number of carbonyl (C=O) groups is 1. The van der Waals surface area contributed by atoms with Crippen LogP contribution in [0.5, 0.6) is 5.75 Å². The van der Waals surface area contributed by atoms with Gasteiger partial charge in [-0.25, -0.2) is 5.43 Å². The van der Waals surface area contributed by atoms with Gasteiger partial charge in [-0.3, -0.25) is 4.79 Å². The molecular formula is C13H9Cl3N2O2S. The van der Waals surface area contributed by atoms with Crippen molar-refractivity contribution < 1.29 is 9.53 Å². The maximum Gasteiger partial charge on any atom is 0.277 e. The quantitative estimate of drug-likeness (QED) is 0.491. The van der Waals surface area contributed by atoms with Crippen molar-refractivity contribution in [2.75, 3.05) is 6.61 Å². The minimum absolute atomic E-state index is 0.237. The lowest BCUT2D eigenvalue weighted by atomic mass is 10.3. The fourth-order valence-corrected chi connectivity index (χ4v) is 2.52. The van der Waals surface area contributed by atoms with E-state index in [2.05, 4.69) is 10.5 Å². The summed E-state index contributed by atoms with van der Waals surface area (Å²) in [4.78, 5) is 11.6. The van der Waals surface area contributed by atoms with E-state index in [1.165, 1.54) is 12.1 Å². The van der Waals surface area contributed by atoms with E-state index in [0.717, 1.165) is 5.56 Å². The van der Waals surface area contributed by atoms with Gasteiger partial charge in [-0.05, 0) is 22.9 Å². The minimum atomic E-state index is -0.413. The maximum atomic E-state index is 11.6. The molecule has 1 heterocycles. The Kier molecular flexibility index (Phi) is 5.87. The van der Waals surface area contributed by atoms with E-state index in [-0.39, 0.29) is 17.4 Å². The summed E-state index contributed by atoms with van der Waals surface area (Å²) in [5, 5.41) is 8.52. The maximum absolute atomic E-state index is 11.6. The zero-order chi connectivity index (χ0) is 15.2. The van der Waals surface area contributed by atoms with Gasteiger partial charge in [0.1, 0.15) is 5.75 Å². The summed E-state index contributed by atoms with van der Waals surface area (Å²) in [6.45, 7) is -0.237. The number of amides is 1. The molecule has 0 aliphatic carbocycles. The van der Waals surface area contributed by atoms with Gasteiger partial charge in [-0.15, -0.1) is 0 Å². The highest BCUT2D eigenvalue weighted by atomic mass is 35.5. The molecule has 4 nitrogen and oxygen atoms in total. The number of hydrogen-bond donors (Lipinski definition) is 1. The number of hydrogen-bond acceptors (Lipinski definition) is 4. The Morgan fingerprint density at radius 1 is 1.29 bits per heavy atom. The van der Waals surface area contributed by atoms with Gasteiger partial charge in [0, 0.05) is 11.6 Å². The standard InChI is InChI=1S/C13H9Cl3N2O2S/c14-9-3-11(16)12(4-10(9)15)20-6-13(19)18-17-5-8-1-2-21-7-8/h1-5,7H,6H2,(H,18,19). The smallest absolute Gasteiger partial charge is 0.277 e. The molecule has 0 saturated carbocycles. The summed E-state index contributed by atoms with van der Waals surface area (Å²) >= 11 is 19.1. The Hall–Kier alpha value is -1.27. The molecule has 0 spiro atoms. The summed E-state index contributed by atoms with van der Waals surface area (Å²) < 4.78 is 5.26. The van der Waals surface area contributed by atoms with Crippen molar-refractivity contribution in [1.82, 2.24) is 5.43 Å². The third kappa shape index (κ3) is 4.89. The van der Waals surface area contributed by atoms with Crippen LogP contribution in [0, 0.1) is 0 Å². The van der Waals surface area contributed by atoms with E-state index < -0.39 is 5.91 Å². The summed E-state index contributed by atoms with van der Waals surface area (Å²) in [6, 6.07) is 4.79. The van der Waals surface area contributed by atoms with Crippen LogP contribution < -0.4 is 10.2 Å². The van der Waals surface area contributed by atoms with E-state index in [0.29, 0.717) is 10.0 Å². The van der Waals surface area contributed by atoms with Gasteiger partial charge in [0.15, 0.2) is 6.61 Å². The highest BCUT2D eigenvalue weighted by Gasteiger charge is 2.09. The Morgan fingerprint density at radius 2 is 2.05 bits per heavy atom. The van der Waals surface area contributed by atoms with Crippen LogP contribution in [0.4, 0.5) is 0 Å². The number of ether oxygens (including phenoxy) is 1. The molecule has 1 amide bonds. The predicted molar refractivity (Wildman–Crippen MR) is 87.0 cm³/mol. The number of rotatable bonds is 5. The van der Waals surface area contributed by atoms with Crippen LogP contribution in [0.25, 0.3) is 0 Å². The van der Waals surface area contributed by atoms with Crippen molar-refractivity contribution in [3.63, 3.8) is 0 Å². The predicted octanol–water partition coefficient (Wildman–Crippen LogP) is 4.24. The highest BCUT2D eigenvalue weighted by Crippen LogP contribution is 2.33. The van der Waals surface area contributed by atoms with Crippen molar-refractivity contribution in [3.8, 4) is 5.75 Å². The summed E-state index contributed by atoms with van der Waals surface area (Å²) in [5.41, 5.74) is 3.26. The van der Waals surface area contributed by atoms with E-state index in [9.17, 15) is 4.79 Å². The molecule has 0 aliphatic rings. The third-order valence-electron chi connectivity index (χ3n) is 2.28. The van der Waals surface area contributed by atoms with Gasteiger partial charge < -0.3 is 4.74 Å². The Labute approximate surface area is 140 Å². The topological polar surface area (TPSA) is 50.7 Å². The molecule has 0 aliphatic heterocycles. The van der Waals surface area contributed by atoms with Crippen molar-refractivity contribution in [1.29, 1.82) is 0 Å². The summed E-state index contributed by atoms with van der Waals surface area (Å²) in [7, 11) is 0. The van der Waals surface area contributed by atoms with Gasteiger partial charge in [-0.2, -0.15) is 16.4 Å². The lowest BCUT2D eigenvalue weighted by Crippen LogP contribution is -2.24.